The molecule has 0 unspecified atom stereocenters. The van der Waals surface area contributed by atoms with E-state index in [4.69, 9.17) is 9.47 Å². The van der Waals surface area contributed by atoms with E-state index in [0.29, 0.717) is 22.7 Å². The molecule has 6 heteroatoms. The molecule has 0 bridgehead atoms. The lowest BCUT2D eigenvalue weighted by Crippen LogP contribution is -2.15. The Hall–Kier alpha value is -3.54. The maximum absolute atomic E-state index is 13.7. The van der Waals surface area contributed by atoms with E-state index >= 15 is 0 Å². The van der Waals surface area contributed by atoms with Crippen LogP contribution in [0.5, 0.6) is 11.5 Å². The standard InChI is InChI=1S/C22H21FN2O3/c1-27-18-11-12-20(21(14-18)28-2)24-16-7-9-17(10-8-16)25-22(26)13-15-5-3-4-6-19(15)23/h3-12,14,24H,13H2,1-2H3,(H,25,26). The van der Waals surface area contributed by atoms with Crippen molar-refractivity contribution in [2.45, 2.75) is 6.42 Å². The van der Waals surface area contributed by atoms with E-state index in [9.17, 15) is 9.18 Å². The molecule has 3 rings (SSSR count). The molecule has 5 nitrogen and oxygen atoms in total. The van der Waals surface area contributed by atoms with Crippen LogP contribution in [0.4, 0.5) is 21.5 Å². The van der Waals surface area contributed by atoms with Crippen molar-refractivity contribution in [1.29, 1.82) is 0 Å². The summed E-state index contributed by atoms with van der Waals surface area (Å²) in [6.45, 7) is 0. The SMILES string of the molecule is COc1ccc(Nc2ccc(NC(=O)Cc3ccccc3F)cc2)c(OC)c1. The largest absolute Gasteiger partial charge is 0.497 e. The summed E-state index contributed by atoms with van der Waals surface area (Å²) in [5.41, 5.74) is 2.62. The molecule has 0 saturated carbocycles. The van der Waals surface area contributed by atoms with Gasteiger partial charge in [0.2, 0.25) is 5.91 Å². The van der Waals surface area contributed by atoms with E-state index in [2.05, 4.69) is 10.6 Å². The number of benzene rings is 3. The van der Waals surface area contributed by atoms with Gasteiger partial charge in [0.15, 0.2) is 0 Å². The van der Waals surface area contributed by atoms with Crippen molar-refractivity contribution in [3.05, 3.63) is 78.1 Å². The summed E-state index contributed by atoms with van der Waals surface area (Å²) >= 11 is 0. The third-order valence-electron chi connectivity index (χ3n) is 4.17. The van der Waals surface area contributed by atoms with E-state index in [1.807, 2.05) is 24.3 Å². The molecule has 0 heterocycles. The van der Waals surface area contributed by atoms with Gasteiger partial charge >= 0.3 is 0 Å². The van der Waals surface area contributed by atoms with Crippen LogP contribution in [0.1, 0.15) is 5.56 Å². The molecule has 3 aromatic carbocycles. The number of halogens is 1. The van der Waals surface area contributed by atoms with Crippen LogP contribution in [-0.2, 0) is 11.2 Å². The van der Waals surface area contributed by atoms with Gasteiger partial charge in [0.1, 0.15) is 17.3 Å². The van der Waals surface area contributed by atoms with Gasteiger partial charge in [-0.15, -0.1) is 0 Å². The Morgan fingerprint density at radius 3 is 2.32 bits per heavy atom. The van der Waals surface area contributed by atoms with Crippen LogP contribution in [-0.4, -0.2) is 20.1 Å². The molecular formula is C22H21FN2O3. The van der Waals surface area contributed by atoms with Crippen LogP contribution >= 0.6 is 0 Å². The predicted molar refractivity (Wildman–Crippen MR) is 108 cm³/mol. The average Bonchev–Trinajstić information content (AvgIpc) is 2.71. The van der Waals surface area contributed by atoms with Crippen molar-refractivity contribution in [3.8, 4) is 11.5 Å². The van der Waals surface area contributed by atoms with E-state index in [0.717, 1.165) is 11.4 Å². The zero-order valence-corrected chi connectivity index (χ0v) is 15.7. The Balaban J connectivity index is 1.64. The van der Waals surface area contributed by atoms with Gasteiger partial charge < -0.3 is 20.1 Å². The summed E-state index contributed by atoms with van der Waals surface area (Å²) in [5, 5.41) is 6.03. The molecule has 144 valence electrons. The number of anilines is 3. The lowest BCUT2D eigenvalue weighted by atomic mass is 10.1. The topological polar surface area (TPSA) is 59.6 Å². The Bertz CT molecular complexity index is 958. The molecule has 0 atom stereocenters. The Morgan fingerprint density at radius 1 is 0.929 bits per heavy atom. The second kappa shape index (κ2) is 8.90. The summed E-state index contributed by atoms with van der Waals surface area (Å²) in [5.74, 6) is 0.699. The number of amides is 1. The lowest BCUT2D eigenvalue weighted by Gasteiger charge is -2.13. The van der Waals surface area contributed by atoms with Crippen molar-refractivity contribution in [3.63, 3.8) is 0 Å². The first-order valence-corrected chi connectivity index (χ1v) is 8.71. The number of nitrogens with one attached hydrogen (secondary N) is 2. The molecule has 0 aliphatic rings. The number of carbonyl (C=O) groups is 1. The molecule has 0 fully saturated rings. The summed E-state index contributed by atoms with van der Waals surface area (Å²) < 4.78 is 24.2. The Kier molecular flexibility index (Phi) is 6.11. The van der Waals surface area contributed by atoms with Gasteiger partial charge in [-0.25, -0.2) is 4.39 Å². The lowest BCUT2D eigenvalue weighted by molar-refractivity contribution is -0.115. The molecule has 0 spiro atoms. The fraction of sp³-hybridized carbons (Fsp3) is 0.136. The van der Waals surface area contributed by atoms with Gasteiger partial charge in [-0.1, -0.05) is 18.2 Å². The number of carbonyl (C=O) groups excluding carboxylic acids is 1. The van der Waals surface area contributed by atoms with E-state index in [-0.39, 0.29) is 18.1 Å². The predicted octanol–water partition coefficient (Wildman–Crippen LogP) is 4.77. The molecular weight excluding hydrogens is 359 g/mol. The zero-order valence-electron chi connectivity index (χ0n) is 15.7. The second-order valence-corrected chi connectivity index (χ2v) is 6.08. The van der Waals surface area contributed by atoms with E-state index in [1.54, 1.807) is 50.6 Å². The van der Waals surface area contributed by atoms with Crippen LogP contribution in [0.15, 0.2) is 66.7 Å². The Morgan fingerprint density at radius 2 is 1.64 bits per heavy atom. The summed E-state index contributed by atoms with van der Waals surface area (Å²) in [7, 11) is 3.19. The summed E-state index contributed by atoms with van der Waals surface area (Å²) in [6, 6.07) is 19.0. The molecule has 1 amide bonds. The fourth-order valence-electron chi connectivity index (χ4n) is 2.71. The van der Waals surface area contributed by atoms with Gasteiger partial charge in [0, 0.05) is 17.4 Å². The minimum Gasteiger partial charge on any atom is -0.497 e. The second-order valence-electron chi connectivity index (χ2n) is 6.08. The zero-order chi connectivity index (χ0) is 19.9. The van der Waals surface area contributed by atoms with Crippen LogP contribution in [0.2, 0.25) is 0 Å². The highest BCUT2D eigenvalue weighted by molar-refractivity contribution is 5.92. The van der Waals surface area contributed by atoms with E-state index in [1.165, 1.54) is 6.07 Å². The van der Waals surface area contributed by atoms with Crippen LogP contribution in [0.25, 0.3) is 0 Å². The number of hydrogen-bond acceptors (Lipinski definition) is 4. The molecule has 28 heavy (non-hydrogen) atoms. The quantitative estimate of drug-likeness (QED) is 0.620. The highest BCUT2D eigenvalue weighted by Crippen LogP contribution is 2.31. The summed E-state index contributed by atoms with van der Waals surface area (Å²) in [6.07, 6.45) is -0.0181. The molecule has 2 N–H and O–H groups in total. The monoisotopic (exact) mass is 380 g/mol. The van der Waals surface area contributed by atoms with Crippen molar-refractivity contribution >= 4 is 23.0 Å². The number of ether oxygens (including phenoxy) is 2. The third kappa shape index (κ3) is 4.79. The van der Waals surface area contributed by atoms with Crippen LogP contribution < -0.4 is 20.1 Å². The molecule has 0 aliphatic carbocycles. The maximum Gasteiger partial charge on any atom is 0.228 e. The number of rotatable bonds is 7. The van der Waals surface area contributed by atoms with Gasteiger partial charge in [-0.2, -0.15) is 0 Å². The molecule has 0 radical (unpaired) electrons. The van der Waals surface area contributed by atoms with Crippen LogP contribution in [0.3, 0.4) is 0 Å². The highest BCUT2D eigenvalue weighted by Gasteiger charge is 2.09. The molecule has 3 aromatic rings. The fourth-order valence-corrected chi connectivity index (χ4v) is 2.71. The van der Waals surface area contributed by atoms with E-state index < -0.39 is 0 Å². The minimum absolute atomic E-state index is 0.0181. The normalized spacial score (nSPS) is 10.2. The van der Waals surface area contributed by atoms with Gasteiger partial charge in [0.25, 0.3) is 0 Å². The van der Waals surface area contributed by atoms with Crippen molar-refractivity contribution < 1.29 is 18.7 Å². The Labute approximate surface area is 163 Å². The highest BCUT2D eigenvalue weighted by atomic mass is 19.1. The van der Waals surface area contributed by atoms with Crippen LogP contribution in [0, 0.1) is 5.82 Å². The van der Waals surface area contributed by atoms with Crippen molar-refractivity contribution in [2.24, 2.45) is 0 Å². The molecule has 0 aliphatic heterocycles. The first-order chi connectivity index (χ1) is 13.6. The molecule has 0 aromatic heterocycles. The maximum atomic E-state index is 13.7. The van der Waals surface area contributed by atoms with Gasteiger partial charge in [0.05, 0.1) is 26.3 Å². The smallest absolute Gasteiger partial charge is 0.228 e. The minimum atomic E-state index is -0.384. The van der Waals surface area contributed by atoms with Gasteiger partial charge in [-0.05, 0) is 48.0 Å². The summed E-state index contributed by atoms with van der Waals surface area (Å²) in [4.78, 5) is 12.1. The number of methoxy groups -OCH3 is 2. The van der Waals surface area contributed by atoms with Crippen molar-refractivity contribution in [2.75, 3.05) is 24.9 Å². The third-order valence-corrected chi connectivity index (χ3v) is 4.17. The first kappa shape index (κ1) is 19.2. The number of hydrogen-bond donors (Lipinski definition) is 2. The molecule has 0 saturated heterocycles. The first-order valence-electron chi connectivity index (χ1n) is 8.71. The van der Waals surface area contributed by atoms with Gasteiger partial charge in [-0.3, -0.25) is 4.79 Å². The van der Waals surface area contributed by atoms with Crippen molar-refractivity contribution in [1.82, 2.24) is 0 Å². The average molecular weight is 380 g/mol.